The highest BCUT2D eigenvalue weighted by atomic mass is 16.6. The number of benzene rings is 1. The van der Waals surface area contributed by atoms with Crippen LogP contribution in [0, 0.1) is 0 Å². The number of carbonyl (C=O) groups excluding carboxylic acids is 2. The van der Waals surface area contributed by atoms with Crippen molar-refractivity contribution in [3.63, 3.8) is 0 Å². The Morgan fingerprint density at radius 3 is 2.52 bits per heavy atom. The molecule has 8 nitrogen and oxygen atoms in total. The summed E-state index contributed by atoms with van der Waals surface area (Å²) in [4.78, 5) is 29.5. The molecule has 1 aromatic carbocycles. The highest BCUT2D eigenvalue weighted by Gasteiger charge is 2.29. The van der Waals surface area contributed by atoms with E-state index >= 15 is 0 Å². The van der Waals surface area contributed by atoms with Crippen molar-refractivity contribution in [1.29, 1.82) is 0 Å². The van der Waals surface area contributed by atoms with Gasteiger partial charge in [0, 0.05) is 12.8 Å². The van der Waals surface area contributed by atoms with E-state index in [2.05, 4.69) is 36.5 Å². The number of azo groups is 1. The predicted octanol–water partition coefficient (Wildman–Crippen LogP) is 3.23. The van der Waals surface area contributed by atoms with Crippen molar-refractivity contribution in [3.8, 4) is 0 Å². The Balaban J connectivity index is 1.90. The number of quaternary nitrogens is 1. The zero-order valence-corrected chi connectivity index (χ0v) is 15.1. The third-order valence-corrected chi connectivity index (χ3v) is 3.52. The average Bonchev–Trinajstić information content (AvgIpc) is 2.85. The average molecular weight is 346 g/mol. The molecule has 0 spiro atoms. The van der Waals surface area contributed by atoms with E-state index in [1.165, 1.54) is 0 Å². The molecule has 1 aliphatic rings. The van der Waals surface area contributed by atoms with Gasteiger partial charge >= 0.3 is 12.1 Å². The fourth-order valence-corrected chi connectivity index (χ4v) is 2.37. The first-order valence-corrected chi connectivity index (χ1v) is 8.11. The van der Waals surface area contributed by atoms with Crippen molar-refractivity contribution >= 4 is 23.5 Å². The largest absolute Gasteiger partial charge is 0.396 e. The van der Waals surface area contributed by atoms with Gasteiger partial charge in [-0.15, -0.1) is 0 Å². The number of rotatable bonds is 8. The summed E-state index contributed by atoms with van der Waals surface area (Å²) < 4.78 is 0.894. The molecule has 0 bridgehead atoms. The molecule has 0 radical (unpaired) electrons. The number of imide groups is 1. The second kappa shape index (κ2) is 7.98. The van der Waals surface area contributed by atoms with Crippen molar-refractivity contribution in [2.45, 2.75) is 19.8 Å². The van der Waals surface area contributed by atoms with Gasteiger partial charge in [-0.1, -0.05) is 27.5 Å². The highest BCUT2D eigenvalue weighted by molar-refractivity contribution is 6.17. The van der Waals surface area contributed by atoms with E-state index in [9.17, 15) is 9.59 Å². The molecule has 134 valence electrons. The summed E-state index contributed by atoms with van der Waals surface area (Å²) in [5.74, 6) is 0. The van der Waals surface area contributed by atoms with Gasteiger partial charge in [0.15, 0.2) is 0 Å². The van der Waals surface area contributed by atoms with Crippen molar-refractivity contribution in [2.24, 2.45) is 15.4 Å². The fraction of sp³-hybridized carbons (Fsp3) is 0.471. The lowest BCUT2D eigenvalue weighted by Crippen LogP contribution is -2.35. The van der Waals surface area contributed by atoms with Crippen LogP contribution in [-0.2, 0) is 11.3 Å². The molecular formula is C17H24N5O3+. The molecule has 25 heavy (non-hydrogen) atoms. The van der Waals surface area contributed by atoms with Crippen LogP contribution in [0.1, 0.15) is 18.9 Å². The molecule has 4 amide bonds. The number of hydrogen-bond donors (Lipinski definition) is 0. The summed E-state index contributed by atoms with van der Waals surface area (Å²) in [5, 5.41) is 10.6. The van der Waals surface area contributed by atoms with E-state index in [0.29, 0.717) is 18.7 Å². The molecule has 2 rings (SSSR count). The predicted molar refractivity (Wildman–Crippen MR) is 94.9 cm³/mol. The topological polar surface area (TPSA) is 83.7 Å². The minimum atomic E-state index is -0.673. The molecule has 0 aliphatic carbocycles. The molecular weight excluding hydrogens is 322 g/mol. The Hall–Kier alpha value is -2.61. The summed E-state index contributed by atoms with van der Waals surface area (Å²) in [6, 6.07) is 5.75. The Morgan fingerprint density at radius 2 is 1.88 bits per heavy atom. The third kappa shape index (κ3) is 5.75. The maximum Gasteiger partial charge on any atom is 0.375 e. The highest BCUT2D eigenvalue weighted by Crippen LogP contribution is 2.22. The minimum absolute atomic E-state index is 0.453. The van der Waals surface area contributed by atoms with Gasteiger partial charge in [-0.25, -0.2) is 14.5 Å². The van der Waals surface area contributed by atoms with Crippen LogP contribution in [-0.4, -0.2) is 56.6 Å². The van der Waals surface area contributed by atoms with E-state index in [0.717, 1.165) is 33.6 Å². The number of urea groups is 2. The smallest absolute Gasteiger partial charge is 0.375 e. The Labute approximate surface area is 147 Å². The lowest BCUT2D eigenvalue weighted by molar-refractivity contribution is -0.870. The standard InChI is InChI=1S/C17H24N5O3/c1-13(20-25-10-6-9-22(2,3)4)11-14-7-5-8-15(12-14)21-16(23)18-19-17(21)24/h5,7-8,12H,6,9-11H2,1-4H3/q+1. The van der Waals surface area contributed by atoms with Crippen molar-refractivity contribution in [3.05, 3.63) is 29.8 Å². The maximum absolute atomic E-state index is 11.6. The van der Waals surface area contributed by atoms with Gasteiger partial charge in [0.05, 0.1) is 39.1 Å². The summed E-state index contributed by atoms with van der Waals surface area (Å²) in [5.41, 5.74) is 2.19. The number of hydrogen-bond acceptors (Lipinski definition) is 4. The number of amides is 4. The normalized spacial score (nSPS) is 15.2. The Kier molecular flexibility index (Phi) is 5.97. The van der Waals surface area contributed by atoms with Crippen LogP contribution in [0.15, 0.2) is 39.6 Å². The molecule has 1 heterocycles. The maximum atomic E-state index is 11.6. The number of carbonyl (C=O) groups is 2. The minimum Gasteiger partial charge on any atom is -0.396 e. The van der Waals surface area contributed by atoms with Crippen molar-refractivity contribution in [1.82, 2.24) is 0 Å². The van der Waals surface area contributed by atoms with E-state index in [1.54, 1.807) is 18.2 Å². The number of anilines is 1. The molecule has 0 fully saturated rings. The van der Waals surface area contributed by atoms with Gasteiger partial charge in [0.25, 0.3) is 0 Å². The van der Waals surface area contributed by atoms with E-state index in [-0.39, 0.29) is 0 Å². The second-order valence-electron chi connectivity index (χ2n) is 6.97. The molecule has 0 saturated heterocycles. The first-order valence-electron chi connectivity index (χ1n) is 8.11. The molecule has 1 aromatic rings. The lowest BCUT2D eigenvalue weighted by atomic mass is 10.1. The Morgan fingerprint density at radius 1 is 1.20 bits per heavy atom. The van der Waals surface area contributed by atoms with E-state index in [4.69, 9.17) is 4.84 Å². The van der Waals surface area contributed by atoms with Crippen LogP contribution in [0.2, 0.25) is 0 Å². The summed E-state index contributed by atoms with van der Waals surface area (Å²) in [7, 11) is 6.41. The molecule has 0 atom stereocenters. The van der Waals surface area contributed by atoms with Crippen molar-refractivity contribution in [2.75, 3.05) is 39.2 Å². The van der Waals surface area contributed by atoms with E-state index < -0.39 is 12.1 Å². The van der Waals surface area contributed by atoms with Crippen LogP contribution in [0.25, 0.3) is 0 Å². The summed E-state index contributed by atoms with van der Waals surface area (Å²) in [6.07, 6.45) is 1.50. The van der Waals surface area contributed by atoms with Crippen molar-refractivity contribution < 1.29 is 18.9 Å². The zero-order valence-electron chi connectivity index (χ0n) is 15.1. The van der Waals surface area contributed by atoms with Gasteiger partial charge in [0.1, 0.15) is 6.61 Å². The van der Waals surface area contributed by atoms with Crippen LogP contribution >= 0.6 is 0 Å². The molecule has 1 aliphatic heterocycles. The molecule has 8 heteroatoms. The molecule has 0 unspecified atom stereocenters. The van der Waals surface area contributed by atoms with Gasteiger partial charge in [-0.05, 0) is 24.6 Å². The molecule has 0 N–H and O–H groups in total. The summed E-state index contributed by atoms with van der Waals surface area (Å²) >= 11 is 0. The van der Waals surface area contributed by atoms with Gasteiger partial charge in [-0.2, -0.15) is 0 Å². The fourth-order valence-electron chi connectivity index (χ4n) is 2.37. The van der Waals surface area contributed by atoms with Crippen LogP contribution in [0.4, 0.5) is 15.3 Å². The second-order valence-corrected chi connectivity index (χ2v) is 6.97. The first kappa shape index (κ1) is 18.7. The van der Waals surface area contributed by atoms with Gasteiger partial charge in [0.2, 0.25) is 0 Å². The summed E-state index contributed by atoms with van der Waals surface area (Å²) in [6.45, 7) is 3.47. The lowest BCUT2D eigenvalue weighted by Gasteiger charge is -2.23. The molecule has 0 saturated carbocycles. The quantitative estimate of drug-likeness (QED) is 0.313. The van der Waals surface area contributed by atoms with Gasteiger partial charge in [-0.3, -0.25) is 0 Å². The third-order valence-electron chi connectivity index (χ3n) is 3.52. The number of oxime groups is 1. The Bertz CT molecular complexity index is 688. The van der Waals surface area contributed by atoms with E-state index in [1.807, 2.05) is 13.0 Å². The van der Waals surface area contributed by atoms with Crippen LogP contribution < -0.4 is 4.90 Å². The molecule has 0 aromatic heterocycles. The van der Waals surface area contributed by atoms with Crippen LogP contribution in [0.3, 0.4) is 0 Å². The van der Waals surface area contributed by atoms with Crippen LogP contribution in [0.5, 0.6) is 0 Å². The monoisotopic (exact) mass is 346 g/mol. The zero-order chi connectivity index (χ0) is 18.4. The first-order chi connectivity index (χ1) is 11.8. The number of nitrogens with zero attached hydrogens (tertiary/aromatic N) is 5. The van der Waals surface area contributed by atoms with Gasteiger partial charge < -0.3 is 9.32 Å². The SMILES string of the molecule is CC(Cc1cccc(N2C(=O)N=NC2=O)c1)=NOCCC[N+](C)(C)C.